The van der Waals surface area contributed by atoms with Gasteiger partial charge < -0.3 is 5.32 Å². The SMILES string of the molecule is CCCC(C)(NC)C(C)C. The number of hydrogen-bond donors (Lipinski definition) is 1. The van der Waals surface area contributed by atoms with Crippen molar-refractivity contribution in [3.63, 3.8) is 0 Å². The quantitative estimate of drug-likeness (QED) is 0.637. The Labute approximate surface area is 65.2 Å². The van der Waals surface area contributed by atoms with E-state index in [0.29, 0.717) is 5.54 Å². The van der Waals surface area contributed by atoms with Gasteiger partial charge in [0.1, 0.15) is 0 Å². The first-order chi connectivity index (χ1) is 4.56. The molecule has 0 fully saturated rings. The van der Waals surface area contributed by atoms with Crippen LogP contribution in [0.1, 0.15) is 40.5 Å². The lowest BCUT2D eigenvalue weighted by Crippen LogP contribution is -2.44. The number of rotatable bonds is 4. The highest BCUT2D eigenvalue weighted by molar-refractivity contribution is 4.83. The Bertz CT molecular complexity index is 88.7. The van der Waals surface area contributed by atoms with Gasteiger partial charge in [0.15, 0.2) is 0 Å². The average Bonchev–Trinajstić information content (AvgIpc) is 1.88. The van der Waals surface area contributed by atoms with Crippen LogP contribution >= 0.6 is 0 Å². The minimum absolute atomic E-state index is 0.342. The fraction of sp³-hybridized carbons (Fsp3) is 1.00. The van der Waals surface area contributed by atoms with Crippen molar-refractivity contribution in [3.8, 4) is 0 Å². The second-order valence-electron chi connectivity index (χ2n) is 3.57. The minimum Gasteiger partial charge on any atom is -0.314 e. The molecule has 1 unspecified atom stereocenters. The maximum absolute atomic E-state index is 3.38. The zero-order valence-electron chi connectivity index (χ0n) is 7.99. The van der Waals surface area contributed by atoms with Crippen molar-refractivity contribution in [2.24, 2.45) is 5.92 Å². The standard InChI is InChI=1S/C9H21N/c1-6-7-9(4,10-5)8(2)3/h8,10H,6-7H2,1-5H3. The second kappa shape index (κ2) is 3.97. The van der Waals surface area contributed by atoms with E-state index in [1.807, 2.05) is 0 Å². The monoisotopic (exact) mass is 143 g/mol. The first-order valence-corrected chi connectivity index (χ1v) is 4.25. The molecule has 0 saturated heterocycles. The predicted octanol–water partition coefficient (Wildman–Crippen LogP) is 2.42. The third-order valence-corrected chi connectivity index (χ3v) is 2.61. The van der Waals surface area contributed by atoms with Gasteiger partial charge in [-0.15, -0.1) is 0 Å². The zero-order valence-corrected chi connectivity index (χ0v) is 7.99. The minimum atomic E-state index is 0.342. The van der Waals surface area contributed by atoms with Crippen molar-refractivity contribution in [1.82, 2.24) is 5.32 Å². The smallest absolute Gasteiger partial charge is 0.0173 e. The van der Waals surface area contributed by atoms with Crippen LogP contribution in [0.5, 0.6) is 0 Å². The molecule has 0 heterocycles. The van der Waals surface area contributed by atoms with Gasteiger partial charge in [-0.2, -0.15) is 0 Å². The van der Waals surface area contributed by atoms with Gasteiger partial charge in [-0.3, -0.25) is 0 Å². The highest BCUT2D eigenvalue weighted by Gasteiger charge is 2.24. The Kier molecular flexibility index (Phi) is 3.95. The third kappa shape index (κ3) is 2.30. The largest absolute Gasteiger partial charge is 0.314 e. The molecule has 62 valence electrons. The molecule has 1 N–H and O–H groups in total. The molecular weight excluding hydrogens is 122 g/mol. The molecule has 1 nitrogen and oxygen atoms in total. The molecule has 10 heavy (non-hydrogen) atoms. The molecular formula is C9H21N. The second-order valence-corrected chi connectivity index (χ2v) is 3.57. The van der Waals surface area contributed by atoms with Crippen LogP contribution in [0.4, 0.5) is 0 Å². The van der Waals surface area contributed by atoms with Crippen LogP contribution in [0.25, 0.3) is 0 Å². The molecule has 1 heteroatoms. The molecule has 0 rings (SSSR count). The van der Waals surface area contributed by atoms with Crippen molar-refractivity contribution in [3.05, 3.63) is 0 Å². The highest BCUT2D eigenvalue weighted by Crippen LogP contribution is 2.21. The van der Waals surface area contributed by atoms with Gasteiger partial charge in [0.2, 0.25) is 0 Å². The Morgan fingerprint density at radius 3 is 2.00 bits per heavy atom. The van der Waals surface area contributed by atoms with Crippen molar-refractivity contribution >= 4 is 0 Å². The first-order valence-electron chi connectivity index (χ1n) is 4.25. The summed E-state index contributed by atoms with van der Waals surface area (Å²) in [7, 11) is 2.05. The van der Waals surface area contributed by atoms with Crippen LogP contribution in [-0.4, -0.2) is 12.6 Å². The summed E-state index contributed by atoms with van der Waals surface area (Å²) in [5.74, 6) is 0.720. The summed E-state index contributed by atoms with van der Waals surface area (Å²) >= 11 is 0. The molecule has 0 aromatic carbocycles. The maximum atomic E-state index is 3.38. The van der Waals surface area contributed by atoms with Gasteiger partial charge in [-0.25, -0.2) is 0 Å². The van der Waals surface area contributed by atoms with E-state index < -0.39 is 0 Å². The summed E-state index contributed by atoms with van der Waals surface area (Å²) < 4.78 is 0. The van der Waals surface area contributed by atoms with Gasteiger partial charge in [0.05, 0.1) is 0 Å². The molecule has 0 aromatic heterocycles. The van der Waals surface area contributed by atoms with Crippen LogP contribution in [0, 0.1) is 5.92 Å². The molecule has 0 radical (unpaired) electrons. The van der Waals surface area contributed by atoms with Gasteiger partial charge in [0, 0.05) is 5.54 Å². The van der Waals surface area contributed by atoms with Crippen molar-refractivity contribution in [2.45, 2.75) is 46.1 Å². The third-order valence-electron chi connectivity index (χ3n) is 2.61. The molecule has 0 aliphatic carbocycles. The van der Waals surface area contributed by atoms with Crippen LogP contribution in [0.2, 0.25) is 0 Å². The highest BCUT2D eigenvalue weighted by atomic mass is 14.9. The van der Waals surface area contributed by atoms with Crippen LogP contribution < -0.4 is 5.32 Å². The average molecular weight is 143 g/mol. The van der Waals surface area contributed by atoms with E-state index in [2.05, 4.69) is 40.1 Å². The molecule has 0 aliphatic heterocycles. The zero-order chi connectivity index (χ0) is 8.20. The van der Waals surface area contributed by atoms with E-state index in [1.54, 1.807) is 0 Å². The van der Waals surface area contributed by atoms with Gasteiger partial charge in [-0.05, 0) is 26.3 Å². The molecule has 0 aliphatic rings. The Balaban J connectivity index is 3.94. The Morgan fingerprint density at radius 1 is 1.40 bits per heavy atom. The Hall–Kier alpha value is -0.0400. The van der Waals surface area contributed by atoms with Crippen molar-refractivity contribution in [1.29, 1.82) is 0 Å². The summed E-state index contributed by atoms with van der Waals surface area (Å²) in [5.41, 5.74) is 0.342. The summed E-state index contributed by atoms with van der Waals surface area (Å²) in [5, 5.41) is 3.38. The maximum Gasteiger partial charge on any atom is 0.0173 e. The van der Waals surface area contributed by atoms with E-state index in [0.717, 1.165) is 5.92 Å². The predicted molar refractivity (Wildman–Crippen MR) is 47.2 cm³/mol. The topological polar surface area (TPSA) is 12.0 Å². The van der Waals surface area contributed by atoms with E-state index in [-0.39, 0.29) is 0 Å². The molecule has 0 aromatic rings. The normalized spacial score (nSPS) is 17.4. The van der Waals surface area contributed by atoms with Gasteiger partial charge >= 0.3 is 0 Å². The van der Waals surface area contributed by atoms with Crippen LogP contribution in [0.15, 0.2) is 0 Å². The lowest BCUT2D eigenvalue weighted by molar-refractivity contribution is 0.258. The van der Waals surface area contributed by atoms with Crippen LogP contribution in [0.3, 0.4) is 0 Å². The summed E-state index contributed by atoms with van der Waals surface area (Å²) in [6.07, 6.45) is 2.52. The van der Waals surface area contributed by atoms with Gasteiger partial charge in [-0.1, -0.05) is 27.2 Å². The molecule has 0 saturated carbocycles. The van der Waals surface area contributed by atoms with Crippen LogP contribution in [-0.2, 0) is 0 Å². The number of hydrogen-bond acceptors (Lipinski definition) is 1. The van der Waals surface area contributed by atoms with Crippen molar-refractivity contribution < 1.29 is 0 Å². The molecule has 1 atom stereocenters. The fourth-order valence-corrected chi connectivity index (χ4v) is 1.22. The van der Waals surface area contributed by atoms with Crippen molar-refractivity contribution in [2.75, 3.05) is 7.05 Å². The first kappa shape index (κ1) is 9.96. The van der Waals surface area contributed by atoms with Gasteiger partial charge in [0.25, 0.3) is 0 Å². The fourth-order valence-electron chi connectivity index (χ4n) is 1.22. The Morgan fingerprint density at radius 2 is 1.90 bits per heavy atom. The number of nitrogens with one attached hydrogen (secondary N) is 1. The van der Waals surface area contributed by atoms with E-state index >= 15 is 0 Å². The summed E-state index contributed by atoms with van der Waals surface area (Å²) in [6.45, 7) is 9.07. The van der Waals surface area contributed by atoms with E-state index in [9.17, 15) is 0 Å². The van der Waals surface area contributed by atoms with E-state index in [4.69, 9.17) is 0 Å². The lowest BCUT2D eigenvalue weighted by atomic mass is 9.84. The molecule has 0 amide bonds. The molecule has 0 spiro atoms. The lowest BCUT2D eigenvalue weighted by Gasteiger charge is -2.33. The summed E-state index contributed by atoms with van der Waals surface area (Å²) in [4.78, 5) is 0. The van der Waals surface area contributed by atoms with E-state index in [1.165, 1.54) is 12.8 Å². The molecule has 0 bridgehead atoms. The summed E-state index contributed by atoms with van der Waals surface area (Å²) in [6, 6.07) is 0.